The molecule has 0 aliphatic rings. The molecule has 0 aliphatic heterocycles. The van der Waals surface area contributed by atoms with Crippen molar-refractivity contribution in [3.63, 3.8) is 0 Å². The van der Waals surface area contributed by atoms with Crippen molar-refractivity contribution < 1.29 is 4.42 Å². The van der Waals surface area contributed by atoms with E-state index in [-0.39, 0.29) is 0 Å². The van der Waals surface area contributed by atoms with Gasteiger partial charge in [-0.25, -0.2) is 0 Å². The molecule has 16 heavy (non-hydrogen) atoms. The Balaban J connectivity index is 0.00000106. The minimum Gasteiger partial charge on any atom is -0.429 e. The first-order valence-electron chi connectivity index (χ1n) is 6.23. The minimum atomic E-state index is 0.302. The fourth-order valence-electron chi connectivity index (χ4n) is 1.48. The Morgan fingerprint density at radius 3 is 2.00 bits per heavy atom. The maximum Gasteiger partial charge on any atom is 0.292 e. The number of nitrogen functional groups attached to an aromatic ring is 1. The van der Waals surface area contributed by atoms with Gasteiger partial charge in [-0.15, -0.1) is 0 Å². The maximum atomic E-state index is 5.55. The molecule has 0 saturated carbocycles. The fourth-order valence-corrected chi connectivity index (χ4v) is 1.48. The number of anilines is 1. The average Bonchev–Trinajstić information content (AvgIpc) is 2.47. The lowest BCUT2D eigenvalue weighted by molar-refractivity contribution is 0.475. The molecule has 3 heteroatoms. The number of hydrogen-bond acceptors (Lipinski definition) is 3. The number of nitrogens with two attached hydrogens (primary N) is 1. The van der Waals surface area contributed by atoms with E-state index in [4.69, 9.17) is 10.2 Å². The third kappa shape index (κ3) is 5.19. The van der Waals surface area contributed by atoms with E-state index in [1.54, 1.807) is 0 Å². The van der Waals surface area contributed by atoms with Crippen LogP contribution >= 0.6 is 0 Å². The van der Waals surface area contributed by atoms with Gasteiger partial charge in [0.15, 0.2) is 0 Å². The van der Waals surface area contributed by atoms with Gasteiger partial charge in [-0.05, 0) is 18.3 Å². The average molecular weight is 226 g/mol. The van der Waals surface area contributed by atoms with Crippen molar-refractivity contribution in [2.45, 2.75) is 54.4 Å². The first-order valence-corrected chi connectivity index (χ1v) is 6.23. The SMILES string of the molecule is CC.CC(C)Cc1nc(N)oc1CC(C)C. The quantitative estimate of drug-likeness (QED) is 0.852. The summed E-state index contributed by atoms with van der Waals surface area (Å²) in [6.45, 7) is 12.7. The molecular weight excluding hydrogens is 200 g/mol. The number of hydrogen-bond donors (Lipinski definition) is 1. The molecule has 1 rings (SSSR count). The summed E-state index contributed by atoms with van der Waals surface area (Å²) in [5.74, 6) is 2.13. The van der Waals surface area contributed by atoms with Crippen molar-refractivity contribution in [2.75, 3.05) is 5.73 Å². The van der Waals surface area contributed by atoms with Crippen molar-refractivity contribution in [2.24, 2.45) is 11.8 Å². The Morgan fingerprint density at radius 2 is 1.56 bits per heavy atom. The van der Waals surface area contributed by atoms with Gasteiger partial charge in [-0.3, -0.25) is 0 Å². The highest BCUT2D eigenvalue weighted by Gasteiger charge is 2.13. The summed E-state index contributed by atoms with van der Waals surface area (Å²) < 4.78 is 5.39. The van der Waals surface area contributed by atoms with Crippen LogP contribution in [0, 0.1) is 11.8 Å². The molecule has 0 unspecified atom stereocenters. The highest BCUT2D eigenvalue weighted by molar-refractivity contribution is 5.20. The van der Waals surface area contributed by atoms with Crippen molar-refractivity contribution >= 4 is 6.01 Å². The zero-order valence-electron chi connectivity index (χ0n) is 11.5. The van der Waals surface area contributed by atoms with Crippen LogP contribution in [0.15, 0.2) is 4.42 Å². The number of aromatic nitrogens is 1. The van der Waals surface area contributed by atoms with E-state index < -0.39 is 0 Å². The summed E-state index contributed by atoms with van der Waals surface area (Å²) in [6.07, 6.45) is 1.87. The van der Waals surface area contributed by atoms with Gasteiger partial charge >= 0.3 is 0 Å². The van der Waals surface area contributed by atoms with Crippen molar-refractivity contribution in [1.82, 2.24) is 4.98 Å². The highest BCUT2D eigenvalue weighted by atomic mass is 16.4. The van der Waals surface area contributed by atoms with E-state index >= 15 is 0 Å². The molecule has 0 fully saturated rings. The van der Waals surface area contributed by atoms with Crippen LogP contribution in [0.2, 0.25) is 0 Å². The van der Waals surface area contributed by atoms with E-state index in [2.05, 4.69) is 32.7 Å². The first kappa shape index (κ1) is 15.0. The van der Waals surface area contributed by atoms with Crippen LogP contribution in [0.5, 0.6) is 0 Å². The molecular formula is C13H26N2O. The van der Waals surface area contributed by atoms with Crippen LogP contribution in [-0.2, 0) is 12.8 Å². The lowest BCUT2D eigenvalue weighted by Gasteiger charge is -2.05. The van der Waals surface area contributed by atoms with E-state index in [1.807, 2.05) is 13.8 Å². The maximum absolute atomic E-state index is 5.55. The Morgan fingerprint density at radius 1 is 1.06 bits per heavy atom. The minimum absolute atomic E-state index is 0.302. The summed E-state index contributed by atoms with van der Waals surface area (Å²) in [5.41, 5.74) is 6.59. The van der Waals surface area contributed by atoms with Crippen molar-refractivity contribution in [1.29, 1.82) is 0 Å². The number of oxazole rings is 1. The molecule has 0 amide bonds. The van der Waals surface area contributed by atoms with Gasteiger partial charge in [0.05, 0.1) is 5.69 Å². The number of rotatable bonds is 4. The van der Waals surface area contributed by atoms with Crippen molar-refractivity contribution in [3.8, 4) is 0 Å². The summed E-state index contributed by atoms with van der Waals surface area (Å²) in [6, 6.07) is 0.302. The number of nitrogens with zero attached hydrogens (tertiary/aromatic N) is 1. The third-order valence-electron chi connectivity index (χ3n) is 1.99. The zero-order chi connectivity index (χ0) is 12.7. The molecule has 0 aromatic carbocycles. The largest absolute Gasteiger partial charge is 0.429 e. The summed E-state index contributed by atoms with van der Waals surface area (Å²) in [4.78, 5) is 4.21. The van der Waals surface area contributed by atoms with Gasteiger partial charge in [0.25, 0.3) is 6.01 Å². The lowest BCUT2D eigenvalue weighted by Crippen LogP contribution is -2.01. The van der Waals surface area contributed by atoms with E-state index in [0.717, 1.165) is 24.3 Å². The van der Waals surface area contributed by atoms with Gasteiger partial charge in [0.1, 0.15) is 5.76 Å². The zero-order valence-corrected chi connectivity index (χ0v) is 11.5. The molecule has 0 bridgehead atoms. The van der Waals surface area contributed by atoms with Gasteiger partial charge < -0.3 is 10.2 Å². The Hall–Kier alpha value is -0.990. The molecule has 0 atom stereocenters. The molecule has 0 aliphatic carbocycles. The molecule has 1 aromatic rings. The van der Waals surface area contributed by atoms with Crippen LogP contribution in [-0.4, -0.2) is 4.98 Å². The molecule has 94 valence electrons. The van der Waals surface area contributed by atoms with Gasteiger partial charge in [0.2, 0.25) is 0 Å². The molecule has 3 nitrogen and oxygen atoms in total. The van der Waals surface area contributed by atoms with Crippen molar-refractivity contribution in [3.05, 3.63) is 11.5 Å². The monoisotopic (exact) mass is 226 g/mol. The Kier molecular flexibility index (Phi) is 6.86. The Labute approximate surface area is 99.4 Å². The molecule has 1 heterocycles. The smallest absolute Gasteiger partial charge is 0.292 e. The predicted molar refractivity (Wildman–Crippen MR) is 69.3 cm³/mol. The molecule has 1 aromatic heterocycles. The first-order chi connectivity index (χ1) is 7.49. The van der Waals surface area contributed by atoms with Crippen LogP contribution in [0.1, 0.15) is 53.0 Å². The lowest BCUT2D eigenvalue weighted by atomic mass is 10.0. The summed E-state index contributed by atoms with van der Waals surface area (Å²) >= 11 is 0. The van der Waals surface area contributed by atoms with Crippen LogP contribution in [0.25, 0.3) is 0 Å². The van der Waals surface area contributed by atoms with Crippen LogP contribution < -0.4 is 5.73 Å². The fraction of sp³-hybridized carbons (Fsp3) is 0.769. The highest BCUT2D eigenvalue weighted by Crippen LogP contribution is 2.19. The topological polar surface area (TPSA) is 52.0 Å². The molecule has 0 radical (unpaired) electrons. The Bertz CT molecular complexity index is 263. The van der Waals surface area contributed by atoms with Crippen LogP contribution in [0.3, 0.4) is 0 Å². The van der Waals surface area contributed by atoms with Crippen LogP contribution in [0.4, 0.5) is 6.01 Å². The second-order valence-electron chi connectivity index (χ2n) is 4.62. The second-order valence-corrected chi connectivity index (χ2v) is 4.62. The van der Waals surface area contributed by atoms with E-state index in [9.17, 15) is 0 Å². The second kappa shape index (κ2) is 7.31. The summed E-state index contributed by atoms with van der Waals surface area (Å²) in [7, 11) is 0. The predicted octanol–water partition coefficient (Wildman–Crippen LogP) is 3.68. The van der Waals surface area contributed by atoms with E-state index in [0.29, 0.717) is 17.9 Å². The summed E-state index contributed by atoms with van der Waals surface area (Å²) in [5, 5.41) is 0. The van der Waals surface area contributed by atoms with Gasteiger partial charge in [-0.1, -0.05) is 41.5 Å². The van der Waals surface area contributed by atoms with Gasteiger partial charge in [-0.2, -0.15) is 4.98 Å². The molecule has 0 spiro atoms. The van der Waals surface area contributed by atoms with Gasteiger partial charge in [0, 0.05) is 6.42 Å². The third-order valence-corrected chi connectivity index (χ3v) is 1.99. The molecule has 0 saturated heterocycles. The molecule has 2 N–H and O–H groups in total. The standard InChI is InChI=1S/C11H20N2O.C2H6/c1-7(2)5-9-10(6-8(3)4)14-11(12)13-9;1-2/h7-8H,5-6H2,1-4H3,(H2,12,13);1-2H3. The normalized spacial score (nSPS) is 10.5. The van der Waals surface area contributed by atoms with E-state index in [1.165, 1.54) is 0 Å².